The molecule has 2 aromatic carbocycles. The molecule has 0 saturated carbocycles. The van der Waals surface area contributed by atoms with Gasteiger partial charge in [-0.15, -0.1) is 0 Å². The lowest BCUT2D eigenvalue weighted by atomic mass is 10.1. The second kappa shape index (κ2) is 8.95. The minimum atomic E-state index is -0.457. The summed E-state index contributed by atoms with van der Waals surface area (Å²) in [6.45, 7) is 9.36. The number of benzene rings is 2. The summed E-state index contributed by atoms with van der Waals surface area (Å²) >= 11 is 0. The standard InChI is InChI=1S/C24H27N3O3/c1-15-11-16(2)24(17(3)12-15)25-22(28)14-30-23(29)13-21-18(4)26-27(19(21)5)20-9-7-6-8-10-20/h6-12H,13-14H2,1-5H3,(H,25,28). The van der Waals surface area contributed by atoms with Crippen molar-refractivity contribution in [1.82, 2.24) is 9.78 Å². The van der Waals surface area contributed by atoms with Gasteiger partial charge in [0, 0.05) is 16.9 Å². The fourth-order valence-corrected chi connectivity index (χ4v) is 3.65. The van der Waals surface area contributed by atoms with Crippen molar-refractivity contribution in [2.45, 2.75) is 41.0 Å². The molecule has 30 heavy (non-hydrogen) atoms. The number of aryl methyl sites for hydroxylation is 4. The van der Waals surface area contributed by atoms with E-state index in [4.69, 9.17) is 4.74 Å². The van der Waals surface area contributed by atoms with Crippen LogP contribution in [0.5, 0.6) is 0 Å². The maximum absolute atomic E-state index is 12.4. The second-order valence-electron chi connectivity index (χ2n) is 7.56. The summed E-state index contributed by atoms with van der Waals surface area (Å²) in [4.78, 5) is 24.6. The Morgan fingerprint density at radius 1 is 1.00 bits per heavy atom. The van der Waals surface area contributed by atoms with Crippen molar-refractivity contribution in [3.05, 3.63) is 76.1 Å². The van der Waals surface area contributed by atoms with Crippen LogP contribution in [0, 0.1) is 34.6 Å². The molecule has 0 bridgehead atoms. The van der Waals surface area contributed by atoms with Crippen LogP contribution in [-0.2, 0) is 20.7 Å². The van der Waals surface area contributed by atoms with E-state index in [0.717, 1.165) is 45.0 Å². The van der Waals surface area contributed by atoms with Gasteiger partial charge in [0.25, 0.3) is 5.91 Å². The van der Waals surface area contributed by atoms with Crippen molar-refractivity contribution >= 4 is 17.6 Å². The molecule has 1 heterocycles. The Kier molecular flexibility index (Phi) is 6.35. The number of rotatable bonds is 6. The highest BCUT2D eigenvalue weighted by Gasteiger charge is 2.18. The van der Waals surface area contributed by atoms with E-state index in [9.17, 15) is 9.59 Å². The molecule has 6 heteroatoms. The first kappa shape index (κ1) is 21.3. The quantitative estimate of drug-likeness (QED) is 0.626. The maximum Gasteiger partial charge on any atom is 0.310 e. The average Bonchev–Trinajstić information content (AvgIpc) is 2.98. The van der Waals surface area contributed by atoms with Gasteiger partial charge in [-0.25, -0.2) is 4.68 Å². The number of carbonyl (C=O) groups is 2. The number of hydrogen-bond donors (Lipinski definition) is 1. The molecule has 156 valence electrons. The molecular formula is C24H27N3O3. The van der Waals surface area contributed by atoms with Crippen LogP contribution in [0.3, 0.4) is 0 Å². The third kappa shape index (κ3) is 4.76. The van der Waals surface area contributed by atoms with E-state index in [2.05, 4.69) is 10.4 Å². The molecule has 0 saturated heterocycles. The van der Waals surface area contributed by atoms with Crippen molar-refractivity contribution in [3.8, 4) is 5.69 Å². The van der Waals surface area contributed by atoms with E-state index in [0.29, 0.717) is 0 Å². The topological polar surface area (TPSA) is 73.2 Å². The summed E-state index contributed by atoms with van der Waals surface area (Å²) in [7, 11) is 0. The van der Waals surface area contributed by atoms with Crippen molar-refractivity contribution in [2.75, 3.05) is 11.9 Å². The summed E-state index contributed by atoms with van der Waals surface area (Å²) in [6, 6.07) is 13.8. The Bertz CT molecular complexity index is 1060. The van der Waals surface area contributed by atoms with E-state index >= 15 is 0 Å². The highest BCUT2D eigenvalue weighted by Crippen LogP contribution is 2.22. The normalized spacial score (nSPS) is 10.7. The SMILES string of the molecule is Cc1cc(C)c(NC(=O)COC(=O)Cc2c(C)nn(-c3ccccc3)c2C)c(C)c1. The lowest BCUT2D eigenvalue weighted by Crippen LogP contribution is -2.22. The average molecular weight is 405 g/mol. The minimum absolute atomic E-state index is 0.0698. The summed E-state index contributed by atoms with van der Waals surface area (Å²) in [5, 5.41) is 7.38. The Balaban J connectivity index is 1.62. The summed E-state index contributed by atoms with van der Waals surface area (Å²) in [6.07, 6.45) is 0.0698. The van der Waals surface area contributed by atoms with Gasteiger partial charge in [-0.05, 0) is 57.9 Å². The monoisotopic (exact) mass is 405 g/mol. The predicted octanol–water partition coefficient (Wildman–Crippen LogP) is 4.14. The van der Waals surface area contributed by atoms with Crippen molar-refractivity contribution in [1.29, 1.82) is 0 Å². The highest BCUT2D eigenvalue weighted by molar-refractivity contribution is 5.94. The van der Waals surface area contributed by atoms with Crippen molar-refractivity contribution in [2.24, 2.45) is 0 Å². The first-order chi connectivity index (χ1) is 14.3. The molecule has 0 aliphatic heterocycles. The van der Waals surface area contributed by atoms with Crippen LogP contribution in [0.1, 0.15) is 33.6 Å². The summed E-state index contributed by atoms with van der Waals surface area (Å²) in [5.41, 5.74) is 7.25. The van der Waals surface area contributed by atoms with Gasteiger partial charge in [0.15, 0.2) is 6.61 Å². The molecule has 0 unspecified atom stereocenters. The molecule has 0 fully saturated rings. The molecule has 3 aromatic rings. The Labute approximate surface area is 176 Å². The number of nitrogens with zero attached hydrogens (tertiary/aromatic N) is 2. The first-order valence-electron chi connectivity index (χ1n) is 9.90. The van der Waals surface area contributed by atoms with E-state index in [1.807, 2.05) is 81.8 Å². The zero-order valence-corrected chi connectivity index (χ0v) is 18.1. The van der Waals surface area contributed by atoms with Crippen LogP contribution in [0.15, 0.2) is 42.5 Å². The number of hydrogen-bond acceptors (Lipinski definition) is 4. The lowest BCUT2D eigenvalue weighted by molar-refractivity contribution is -0.146. The molecule has 3 rings (SSSR count). The zero-order valence-electron chi connectivity index (χ0n) is 18.1. The number of ether oxygens (including phenoxy) is 1. The summed E-state index contributed by atoms with van der Waals surface area (Å²) < 4.78 is 7.03. The molecule has 1 aromatic heterocycles. The van der Waals surface area contributed by atoms with Gasteiger partial charge < -0.3 is 10.1 Å². The fraction of sp³-hybridized carbons (Fsp3) is 0.292. The number of carbonyl (C=O) groups excluding carboxylic acids is 2. The van der Waals surface area contributed by atoms with Crippen LogP contribution < -0.4 is 5.32 Å². The maximum atomic E-state index is 12.4. The van der Waals surface area contributed by atoms with Gasteiger partial charge in [-0.2, -0.15) is 5.10 Å². The van der Waals surface area contributed by atoms with Gasteiger partial charge in [0.05, 0.1) is 17.8 Å². The fourth-order valence-electron chi connectivity index (χ4n) is 3.65. The number of para-hydroxylation sites is 1. The molecule has 0 aliphatic carbocycles. The van der Waals surface area contributed by atoms with Crippen molar-refractivity contribution < 1.29 is 14.3 Å². The van der Waals surface area contributed by atoms with Crippen LogP contribution in [-0.4, -0.2) is 28.3 Å². The Morgan fingerprint density at radius 3 is 2.27 bits per heavy atom. The Morgan fingerprint density at radius 2 is 1.63 bits per heavy atom. The van der Waals surface area contributed by atoms with Gasteiger partial charge >= 0.3 is 5.97 Å². The number of anilines is 1. The largest absolute Gasteiger partial charge is 0.455 e. The van der Waals surface area contributed by atoms with E-state index in [-0.39, 0.29) is 18.9 Å². The van der Waals surface area contributed by atoms with Crippen LogP contribution in [0.4, 0.5) is 5.69 Å². The molecule has 0 spiro atoms. The molecule has 0 radical (unpaired) electrons. The van der Waals surface area contributed by atoms with Crippen molar-refractivity contribution in [3.63, 3.8) is 0 Å². The molecule has 1 N–H and O–H groups in total. The van der Waals surface area contributed by atoms with E-state index < -0.39 is 5.97 Å². The zero-order chi connectivity index (χ0) is 21.8. The third-order valence-electron chi connectivity index (χ3n) is 5.07. The molecule has 0 atom stereocenters. The predicted molar refractivity (Wildman–Crippen MR) is 117 cm³/mol. The first-order valence-corrected chi connectivity index (χ1v) is 9.90. The van der Waals surface area contributed by atoms with Gasteiger partial charge in [0.2, 0.25) is 0 Å². The van der Waals surface area contributed by atoms with Crippen LogP contribution >= 0.6 is 0 Å². The molecule has 1 amide bonds. The second-order valence-corrected chi connectivity index (χ2v) is 7.56. The third-order valence-corrected chi connectivity index (χ3v) is 5.07. The molecule has 6 nitrogen and oxygen atoms in total. The van der Waals surface area contributed by atoms with Gasteiger partial charge in [-0.3, -0.25) is 9.59 Å². The number of esters is 1. The smallest absolute Gasteiger partial charge is 0.310 e. The van der Waals surface area contributed by atoms with Crippen LogP contribution in [0.2, 0.25) is 0 Å². The van der Waals surface area contributed by atoms with E-state index in [1.165, 1.54) is 0 Å². The number of amides is 1. The Hall–Kier alpha value is -3.41. The van der Waals surface area contributed by atoms with Gasteiger partial charge in [-0.1, -0.05) is 35.9 Å². The number of nitrogens with one attached hydrogen (secondary N) is 1. The molecular weight excluding hydrogens is 378 g/mol. The number of aromatic nitrogens is 2. The van der Waals surface area contributed by atoms with Gasteiger partial charge in [0.1, 0.15) is 0 Å². The molecule has 0 aliphatic rings. The minimum Gasteiger partial charge on any atom is -0.455 e. The lowest BCUT2D eigenvalue weighted by Gasteiger charge is -2.13. The van der Waals surface area contributed by atoms with E-state index in [1.54, 1.807) is 0 Å². The highest BCUT2D eigenvalue weighted by atomic mass is 16.5. The van der Waals surface area contributed by atoms with Crippen LogP contribution in [0.25, 0.3) is 5.69 Å². The summed E-state index contributed by atoms with van der Waals surface area (Å²) in [5.74, 6) is -0.812.